The number of rotatable bonds is 2. The van der Waals surface area contributed by atoms with E-state index in [4.69, 9.17) is 0 Å². The Labute approximate surface area is 146 Å². The Morgan fingerprint density at radius 1 is 1.24 bits per heavy atom. The van der Waals surface area contributed by atoms with Crippen LogP contribution in [0.2, 0.25) is 0 Å². The molecule has 4 nitrogen and oxygen atoms in total. The van der Waals surface area contributed by atoms with Crippen LogP contribution < -0.4 is 5.32 Å². The Balaban J connectivity index is 1.67. The van der Waals surface area contributed by atoms with Crippen molar-refractivity contribution >= 4 is 16.8 Å². The van der Waals surface area contributed by atoms with E-state index in [1.165, 1.54) is 5.56 Å². The molecule has 0 spiro atoms. The molecule has 1 atom stereocenters. The molecule has 4 rings (SSSR count). The summed E-state index contributed by atoms with van der Waals surface area (Å²) in [5.74, 6) is -0.121. The van der Waals surface area contributed by atoms with E-state index in [0.29, 0.717) is 11.3 Å². The largest absolute Gasteiger partial charge is 0.351 e. The van der Waals surface area contributed by atoms with Crippen molar-refractivity contribution in [3.8, 4) is 6.07 Å². The van der Waals surface area contributed by atoms with Crippen molar-refractivity contribution in [2.75, 3.05) is 0 Å². The number of benzene rings is 2. The molecule has 2 N–H and O–H groups in total. The van der Waals surface area contributed by atoms with Crippen LogP contribution in [-0.2, 0) is 6.42 Å². The van der Waals surface area contributed by atoms with Gasteiger partial charge in [-0.15, -0.1) is 0 Å². The highest BCUT2D eigenvalue weighted by Crippen LogP contribution is 2.45. The molecule has 0 bridgehead atoms. The second kappa shape index (κ2) is 5.49. The average molecular weight is 329 g/mol. The zero-order valence-electron chi connectivity index (χ0n) is 14.3. The van der Waals surface area contributed by atoms with Gasteiger partial charge < -0.3 is 10.3 Å². The highest BCUT2D eigenvalue weighted by molar-refractivity contribution is 5.98. The minimum absolute atomic E-state index is 0.0991. The maximum absolute atomic E-state index is 12.8. The number of nitriles is 1. The molecule has 25 heavy (non-hydrogen) atoms. The van der Waals surface area contributed by atoms with Crippen LogP contribution in [-0.4, -0.2) is 10.9 Å². The lowest BCUT2D eigenvalue weighted by Crippen LogP contribution is -2.35. The van der Waals surface area contributed by atoms with E-state index in [1.54, 1.807) is 0 Å². The number of aromatic nitrogens is 1. The van der Waals surface area contributed by atoms with Crippen LogP contribution in [0.3, 0.4) is 0 Å². The van der Waals surface area contributed by atoms with Gasteiger partial charge in [-0.05, 0) is 47.2 Å². The highest BCUT2D eigenvalue weighted by Gasteiger charge is 2.40. The van der Waals surface area contributed by atoms with E-state index < -0.39 is 0 Å². The van der Waals surface area contributed by atoms with E-state index >= 15 is 0 Å². The Hall–Kier alpha value is -3.06. The minimum atomic E-state index is -0.121. The molecule has 0 saturated heterocycles. The van der Waals surface area contributed by atoms with Gasteiger partial charge >= 0.3 is 0 Å². The lowest BCUT2D eigenvalue weighted by Gasteiger charge is -2.28. The first-order valence-electron chi connectivity index (χ1n) is 8.39. The third kappa shape index (κ3) is 2.58. The van der Waals surface area contributed by atoms with E-state index in [0.717, 1.165) is 22.9 Å². The van der Waals surface area contributed by atoms with Crippen LogP contribution in [0.4, 0.5) is 0 Å². The van der Waals surface area contributed by atoms with Crippen molar-refractivity contribution in [2.24, 2.45) is 5.41 Å². The number of nitrogens with one attached hydrogen (secondary N) is 2. The van der Waals surface area contributed by atoms with Crippen molar-refractivity contribution in [2.45, 2.75) is 26.3 Å². The molecule has 1 amide bonds. The smallest absolute Gasteiger partial charge is 0.268 e. The molecule has 1 aliphatic rings. The third-order valence-corrected chi connectivity index (χ3v) is 5.06. The molecule has 0 aliphatic heterocycles. The van der Waals surface area contributed by atoms with Gasteiger partial charge in [-0.25, -0.2) is 0 Å². The SMILES string of the molecule is CC1(C)Cc2ccc(C#N)cc2C1NC(=O)c1cc2ccccc2[nH]1. The molecule has 0 saturated carbocycles. The molecule has 1 aliphatic carbocycles. The van der Waals surface area contributed by atoms with Gasteiger partial charge in [0.15, 0.2) is 0 Å². The summed E-state index contributed by atoms with van der Waals surface area (Å²) in [6.45, 7) is 4.30. The summed E-state index contributed by atoms with van der Waals surface area (Å²) in [4.78, 5) is 16.0. The Kier molecular flexibility index (Phi) is 3.40. The molecule has 0 fully saturated rings. The number of aromatic amines is 1. The first-order valence-corrected chi connectivity index (χ1v) is 8.39. The molecular formula is C21H19N3O. The molecule has 0 radical (unpaired) electrons. The maximum Gasteiger partial charge on any atom is 0.268 e. The third-order valence-electron chi connectivity index (χ3n) is 5.06. The first kappa shape index (κ1) is 15.5. The van der Waals surface area contributed by atoms with Crippen LogP contribution in [0.15, 0.2) is 48.5 Å². The second-order valence-corrected chi connectivity index (χ2v) is 7.37. The summed E-state index contributed by atoms with van der Waals surface area (Å²) in [7, 11) is 0. The number of hydrogen-bond donors (Lipinski definition) is 2. The average Bonchev–Trinajstić information content (AvgIpc) is 3.13. The molecule has 124 valence electrons. The number of carbonyl (C=O) groups excluding carboxylic acids is 1. The van der Waals surface area contributed by atoms with Crippen LogP contribution in [0.25, 0.3) is 10.9 Å². The number of H-pyrrole nitrogens is 1. The number of fused-ring (bicyclic) bond motifs is 2. The van der Waals surface area contributed by atoms with E-state index in [1.807, 2.05) is 48.5 Å². The Morgan fingerprint density at radius 2 is 2.04 bits per heavy atom. The summed E-state index contributed by atoms with van der Waals surface area (Å²) >= 11 is 0. The van der Waals surface area contributed by atoms with Crippen LogP contribution in [0.5, 0.6) is 0 Å². The monoisotopic (exact) mass is 329 g/mol. The number of para-hydroxylation sites is 1. The fraction of sp³-hybridized carbons (Fsp3) is 0.238. The second-order valence-electron chi connectivity index (χ2n) is 7.37. The van der Waals surface area contributed by atoms with Crippen LogP contribution in [0.1, 0.15) is 47.1 Å². The molecule has 2 aromatic carbocycles. The highest BCUT2D eigenvalue weighted by atomic mass is 16.2. The summed E-state index contributed by atoms with van der Waals surface area (Å²) in [6, 6.07) is 17.5. The summed E-state index contributed by atoms with van der Waals surface area (Å²) in [6.07, 6.45) is 0.881. The van der Waals surface area contributed by atoms with Gasteiger partial charge in [0, 0.05) is 10.9 Å². The molecule has 1 unspecified atom stereocenters. The normalized spacial score (nSPS) is 17.9. The summed E-state index contributed by atoms with van der Waals surface area (Å²) in [5, 5.41) is 13.4. The van der Waals surface area contributed by atoms with Gasteiger partial charge in [-0.1, -0.05) is 38.1 Å². The van der Waals surface area contributed by atoms with Crippen molar-refractivity contribution in [1.82, 2.24) is 10.3 Å². The summed E-state index contributed by atoms with van der Waals surface area (Å²) in [5.41, 5.74) is 4.28. The molecule has 1 heterocycles. The quantitative estimate of drug-likeness (QED) is 0.743. The Morgan fingerprint density at radius 3 is 2.80 bits per heavy atom. The maximum atomic E-state index is 12.8. The number of hydrogen-bond acceptors (Lipinski definition) is 2. The number of nitrogens with zero attached hydrogens (tertiary/aromatic N) is 1. The van der Waals surface area contributed by atoms with E-state index in [9.17, 15) is 10.1 Å². The Bertz CT molecular complexity index is 990. The zero-order valence-corrected chi connectivity index (χ0v) is 14.3. The van der Waals surface area contributed by atoms with Gasteiger partial charge in [0.1, 0.15) is 5.69 Å². The van der Waals surface area contributed by atoms with Crippen LogP contribution in [0, 0.1) is 16.7 Å². The van der Waals surface area contributed by atoms with Gasteiger partial charge in [-0.3, -0.25) is 4.79 Å². The van der Waals surface area contributed by atoms with Crippen molar-refractivity contribution < 1.29 is 4.79 Å². The predicted octanol–water partition coefficient (Wildman–Crippen LogP) is 4.09. The molecular weight excluding hydrogens is 310 g/mol. The van der Waals surface area contributed by atoms with Crippen LogP contribution >= 0.6 is 0 Å². The molecule has 4 heteroatoms. The van der Waals surface area contributed by atoms with Gasteiger partial charge in [0.2, 0.25) is 0 Å². The standard InChI is InChI=1S/C21H19N3O/c1-21(2)11-15-8-7-13(12-22)9-16(15)19(21)24-20(25)18-10-14-5-3-4-6-17(14)23-18/h3-10,19,23H,11H2,1-2H3,(H,24,25). The topological polar surface area (TPSA) is 68.7 Å². The molecule has 3 aromatic rings. The number of carbonyl (C=O) groups is 1. The predicted molar refractivity (Wildman–Crippen MR) is 97.1 cm³/mol. The molecule has 1 aromatic heterocycles. The van der Waals surface area contributed by atoms with E-state index in [-0.39, 0.29) is 17.4 Å². The zero-order chi connectivity index (χ0) is 17.6. The minimum Gasteiger partial charge on any atom is -0.351 e. The lowest BCUT2D eigenvalue weighted by atomic mass is 9.85. The lowest BCUT2D eigenvalue weighted by molar-refractivity contribution is 0.0899. The fourth-order valence-electron chi connectivity index (χ4n) is 3.79. The van der Waals surface area contributed by atoms with Crippen molar-refractivity contribution in [1.29, 1.82) is 5.26 Å². The van der Waals surface area contributed by atoms with Gasteiger partial charge in [0.05, 0.1) is 17.7 Å². The number of amides is 1. The first-order chi connectivity index (χ1) is 12.0. The van der Waals surface area contributed by atoms with E-state index in [2.05, 4.69) is 30.2 Å². The van der Waals surface area contributed by atoms with Gasteiger partial charge in [-0.2, -0.15) is 5.26 Å². The van der Waals surface area contributed by atoms with Gasteiger partial charge in [0.25, 0.3) is 5.91 Å². The summed E-state index contributed by atoms with van der Waals surface area (Å²) < 4.78 is 0. The van der Waals surface area contributed by atoms with Crippen molar-refractivity contribution in [3.05, 3.63) is 70.9 Å². The van der Waals surface area contributed by atoms with Crippen molar-refractivity contribution in [3.63, 3.8) is 0 Å². The fourth-order valence-corrected chi connectivity index (χ4v) is 3.79.